The number of amides is 1. The van der Waals surface area contributed by atoms with E-state index < -0.39 is 11.2 Å². The van der Waals surface area contributed by atoms with E-state index in [1.807, 2.05) is 0 Å². The minimum absolute atomic E-state index is 0.00289. The molecule has 0 unspecified atom stereocenters. The van der Waals surface area contributed by atoms with Gasteiger partial charge < -0.3 is 10.1 Å². The van der Waals surface area contributed by atoms with Crippen LogP contribution in [0.15, 0.2) is 27.8 Å². The first kappa shape index (κ1) is 18.7. The van der Waals surface area contributed by atoms with Crippen LogP contribution >= 0.6 is 11.6 Å². The maximum atomic E-state index is 12.8. The summed E-state index contributed by atoms with van der Waals surface area (Å²) < 4.78 is 9.12. The average molecular weight is 392 g/mol. The molecular weight excluding hydrogens is 374 g/mol. The molecule has 1 amide bonds. The van der Waals surface area contributed by atoms with Gasteiger partial charge in [-0.2, -0.15) is 4.98 Å². The van der Waals surface area contributed by atoms with Crippen molar-refractivity contribution in [3.05, 3.63) is 49.9 Å². The topological polar surface area (TPSA) is 100 Å². The molecular formula is C17H18ClN5O4. The molecule has 0 saturated heterocycles. The molecule has 0 aliphatic heterocycles. The van der Waals surface area contributed by atoms with Gasteiger partial charge in [-0.15, -0.1) is 0 Å². The van der Waals surface area contributed by atoms with E-state index in [4.69, 9.17) is 16.3 Å². The molecule has 3 aromatic rings. The summed E-state index contributed by atoms with van der Waals surface area (Å²) in [5.74, 6) is 0.235. The van der Waals surface area contributed by atoms with Crippen LogP contribution < -0.4 is 21.3 Å². The SMILES string of the molecule is COc1cccc(CNC(C)=O)c1-n1c(Cl)nc2c1c(=O)n(C)c(=O)n2C. The fourth-order valence-electron chi connectivity index (χ4n) is 2.92. The van der Waals surface area contributed by atoms with E-state index in [1.165, 1.54) is 37.3 Å². The molecule has 0 fully saturated rings. The number of aromatic nitrogens is 4. The number of carbonyl (C=O) groups excluding carboxylic acids is 1. The lowest BCUT2D eigenvalue weighted by molar-refractivity contribution is -0.119. The Morgan fingerprint density at radius 3 is 2.59 bits per heavy atom. The zero-order chi connectivity index (χ0) is 19.9. The fourth-order valence-corrected chi connectivity index (χ4v) is 3.17. The Morgan fingerprint density at radius 2 is 1.96 bits per heavy atom. The molecule has 0 bridgehead atoms. The van der Waals surface area contributed by atoms with Crippen molar-refractivity contribution in [2.45, 2.75) is 13.5 Å². The molecule has 0 spiro atoms. The Bertz CT molecular complexity index is 1170. The first-order valence-electron chi connectivity index (χ1n) is 8.02. The van der Waals surface area contributed by atoms with Gasteiger partial charge in [0.25, 0.3) is 5.56 Å². The second-order valence-electron chi connectivity index (χ2n) is 5.97. The lowest BCUT2D eigenvalue weighted by Gasteiger charge is -2.16. The largest absolute Gasteiger partial charge is 0.495 e. The number of carbonyl (C=O) groups is 1. The molecule has 0 aliphatic carbocycles. The summed E-state index contributed by atoms with van der Waals surface area (Å²) in [5, 5.41) is 2.72. The molecule has 142 valence electrons. The minimum atomic E-state index is -0.538. The number of nitrogens with zero attached hydrogens (tertiary/aromatic N) is 4. The Morgan fingerprint density at radius 1 is 1.26 bits per heavy atom. The van der Waals surface area contributed by atoms with Crippen LogP contribution in [-0.2, 0) is 25.4 Å². The van der Waals surface area contributed by atoms with E-state index in [-0.39, 0.29) is 28.9 Å². The number of halogens is 1. The van der Waals surface area contributed by atoms with E-state index in [0.717, 1.165) is 4.57 Å². The van der Waals surface area contributed by atoms with Crippen molar-refractivity contribution >= 4 is 28.7 Å². The maximum absolute atomic E-state index is 12.8. The molecule has 3 rings (SSSR count). The van der Waals surface area contributed by atoms with Crippen LogP contribution in [0.1, 0.15) is 12.5 Å². The van der Waals surface area contributed by atoms with Gasteiger partial charge in [0.2, 0.25) is 11.2 Å². The predicted octanol–water partition coefficient (Wildman–Crippen LogP) is 0.721. The summed E-state index contributed by atoms with van der Waals surface area (Å²) >= 11 is 6.36. The number of methoxy groups -OCH3 is 1. The van der Waals surface area contributed by atoms with Crippen molar-refractivity contribution in [2.75, 3.05) is 7.11 Å². The van der Waals surface area contributed by atoms with Crippen LogP contribution in [0.3, 0.4) is 0 Å². The number of aryl methyl sites for hydroxylation is 1. The van der Waals surface area contributed by atoms with Crippen LogP contribution in [0.25, 0.3) is 16.9 Å². The highest BCUT2D eigenvalue weighted by atomic mass is 35.5. The summed E-state index contributed by atoms with van der Waals surface area (Å²) in [7, 11) is 4.38. The van der Waals surface area contributed by atoms with Gasteiger partial charge in [-0.1, -0.05) is 12.1 Å². The summed E-state index contributed by atoms with van der Waals surface area (Å²) in [6.45, 7) is 1.61. The van der Waals surface area contributed by atoms with E-state index in [1.54, 1.807) is 18.2 Å². The van der Waals surface area contributed by atoms with Gasteiger partial charge in [0.05, 0.1) is 12.8 Å². The lowest BCUT2D eigenvalue weighted by atomic mass is 10.1. The Balaban J connectivity index is 2.43. The molecule has 2 aromatic heterocycles. The third-order valence-electron chi connectivity index (χ3n) is 4.27. The Kier molecular flexibility index (Phi) is 4.79. The number of fused-ring (bicyclic) bond motifs is 1. The van der Waals surface area contributed by atoms with Crippen molar-refractivity contribution in [3.63, 3.8) is 0 Å². The third-order valence-corrected chi connectivity index (χ3v) is 4.52. The highest BCUT2D eigenvalue weighted by molar-refractivity contribution is 6.29. The molecule has 0 atom stereocenters. The molecule has 1 aromatic carbocycles. The van der Waals surface area contributed by atoms with Gasteiger partial charge in [0.1, 0.15) is 5.75 Å². The van der Waals surface area contributed by atoms with Crippen molar-refractivity contribution in [1.29, 1.82) is 0 Å². The van der Waals surface area contributed by atoms with Gasteiger partial charge in [-0.3, -0.25) is 23.3 Å². The zero-order valence-electron chi connectivity index (χ0n) is 15.2. The highest BCUT2D eigenvalue weighted by Crippen LogP contribution is 2.32. The van der Waals surface area contributed by atoms with E-state index in [0.29, 0.717) is 17.0 Å². The van der Waals surface area contributed by atoms with E-state index in [9.17, 15) is 14.4 Å². The number of hydrogen-bond acceptors (Lipinski definition) is 5. The smallest absolute Gasteiger partial charge is 0.332 e. The van der Waals surface area contributed by atoms with Gasteiger partial charge in [0.15, 0.2) is 11.2 Å². The molecule has 2 heterocycles. The normalized spacial score (nSPS) is 11.0. The van der Waals surface area contributed by atoms with Crippen molar-refractivity contribution in [3.8, 4) is 11.4 Å². The van der Waals surface area contributed by atoms with Crippen molar-refractivity contribution in [1.82, 2.24) is 24.0 Å². The second kappa shape index (κ2) is 6.92. The number of benzene rings is 1. The second-order valence-corrected chi connectivity index (χ2v) is 6.31. The number of nitrogens with one attached hydrogen (secondary N) is 1. The number of hydrogen-bond donors (Lipinski definition) is 1. The lowest BCUT2D eigenvalue weighted by Crippen LogP contribution is -2.37. The summed E-state index contributed by atoms with van der Waals surface area (Å²) in [4.78, 5) is 40.5. The molecule has 0 saturated carbocycles. The fraction of sp³-hybridized carbons (Fsp3) is 0.294. The number of para-hydroxylation sites is 1. The number of rotatable bonds is 4. The summed E-state index contributed by atoms with van der Waals surface area (Å²) in [5.41, 5.74) is 0.387. The molecule has 1 N–H and O–H groups in total. The molecule has 0 aliphatic rings. The van der Waals surface area contributed by atoms with E-state index >= 15 is 0 Å². The number of imidazole rings is 1. The van der Waals surface area contributed by atoms with Gasteiger partial charge in [-0.25, -0.2) is 4.79 Å². The first-order chi connectivity index (χ1) is 12.8. The van der Waals surface area contributed by atoms with Crippen LogP contribution in [0.4, 0.5) is 0 Å². The monoisotopic (exact) mass is 391 g/mol. The summed E-state index contributed by atoms with van der Waals surface area (Å²) in [6, 6.07) is 5.25. The van der Waals surface area contributed by atoms with Crippen LogP contribution in [-0.4, -0.2) is 31.7 Å². The summed E-state index contributed by atoms with van der Waals surface area (Å²) in [6.07, 6.45) is 0. The first-order valence-corrected chi connectivity index (χ1v) is 8.40. The zero-order valence-corrected chi connectivity index (χ0v) is 16.0. The van der Waals surface area contributed by atoms with Gasteiger partial charge in [0, 0.05) is 27.6 Å². The maximum Gasteiger partial charge on any atom is 0.332 e. The highest BCUT2D eigenvalue weighted by Gasteiger charge is 2.23. The van der Waals surface area contributed by atoms with Crippen LogP contribution in [0, 0.1) is 0 Å². The quantitative estimate of drug-likeness (QED) is 0.660. The van der Waals surface area contributed by atoms with E-state index in [2.05, 4.69) is 10.3 Å². The number of ether oxygens (including phenoxy) is 1. The van der Waals surface area contributed by atoms with Crippen molar-refractivity contribution < 1.29 is 9.53 Å². The Hall–Kier alpha value is -3.07. The standard InChI is InChI=1S/C17H18ClN5O4/c1-9(24)19-8-10-6-5-7-11(27-4)12(10)23-13-14(20-16(23)18)21(2)17(26)22(3)15(13)25/h5-7H,8H2,1-4H3,(H,19,24). The molecule has 0 radical (unpaired) electrons. The van der Waals surface area contributed by atoms with Gasteiger partial charge in [-0.05, 0) is 23.2 Å². The van der Waals surface area contributed by atoms with Crippen LogP contribution in [0.2, 0.25) is 5.28 Å². The molecule has 9 nitrogen and oxygen atoms in total. The van der Waals surface area contributed by atoms with Gasteiger partial charge >= 0.3 is 5.69 Å². The van der Waals surface area contributed by atoms with Crippen molar-refractivity contribution in [2.24, 2.45) is 14.1 Å². The average Bonchev–Trinajstić information content (AvgIpc) is 2.99. The Labute approximate surface area is 158 Å². The molecule has 27 heavy (non-hydrogen) atoms. The predicted molar refractivity (Wildman–Crippen MR) is 101 cm³/mol. The van der Waals surface area contributed by atoms with Crippen LogP contribution in [0.5, 0.6) is 5.75 Å². The minimum Gasteiger partial charge on any atom is -0.495 e. The molecule has 10 heteroatoms. The third kappa shape index (κ3) is 2.99.